The first-order valence-electron chi connectivity index (χ1n) is 9.13. The van der Waals surface area contributed by atoms with E-state index in [1.54, 1.807) is 42.7 Å². The lowest BCUT2D eigenvalue weighted by atomic mass is 10.1. The van der Waals surface area contributed by atoms with Gasteiger partial charge in [-0.15, -0.1) is 11.8 Å². The molecule has 30 heavy (non-hydrogen) atoms. The smallest absolute Gasteiger partial charge is 0.325 e. The molecule has 0 aliphatic carbocycles. The van der Waals surface area contributed by atoms with Crippen molar-refractivity contribution in [1.82, 2.24) is 4.90 Å². The van der Waals surface area contributed by atoms with E-state index in [9.17, 15) is 18.8 Å². The van der Waals surface area contributed by atoms with Gasteiger partial charge in [-0.3, -0.25) is 9.59 Å². The van der Waals surface area contributed by atoms with E-state index in [1.165, 1.54) is 34.9 Å². The Bertz CT molecular complexity index is 1060. The van der Waals surface area contributed by atoms with E-state index in [0.717, 1.165) is 9.37 Å². The van der Waals surface area contributed by atoms with Crippen molar-refractivity contribution in [1.29, 1.82) is 0 Å². The number of hydrogen-bond donors (Lipinski definition) is 1. The van der Waals surface area contributed by atoms with Gasteiger partial charge >= 0.3 is 6.03 Å². The van der Waals surface area contributed by atoms with Gasteiger partial charge in [-0.2, -0.15) is 0 Å². The Kier molecular flexibility index (Phi) is 5.66. The van der Waals surface area contributed by atoms with Gasteiger partial charge in [-0.1, -0.05) is 22.0 Å². The van der Waals surface area contributed by atoms with Crippen molar-refractivity contribution in [3.05, 3.63) is 69.8 Å². The number of aryl methyl sites for hydroxylation is 1. The number of anilines is 2. The monoisotopic (exact) mass is 489 g/mol. The number of fused-ring (bicyclic) bond motifs is 1. The van der Waals surface area contributed by atoms with Gasteiger partial charge in [0.1, 0.15) is 17.6 Å². The predicted molar refractivity (Wildman–Crippen MR) is 118 cm³/mol. The highest BCUT2D eigenvalue weighted by molar-refractivity contribution is 9.10. The second-order valence-corrected chi connectivity index (χ2v) is 8.92. The largest absolute Gasteiger partial charge is 0.332 e. The lowest BCUT2D eigenvalue weighted by Gasteiger charge is -2.40. The summed E-state index contributed by atoms with van der Waals surface area (Å²) in [6.45, 7) is 1.35. The molecule has 0 spiro atoms. The molecule has 0 radical (unpaired) electrons. The quantitative estimate of drug-likeness (QED) is 0.694. The van der Waals surface area contributed by atoms with Crippen LogP contribution in [0.15, 0.2) is 58.4 Å². The maximum Gasteiger partial charge on any atom is 0.332 e. The van der Waals surface area contributed by atoms with Gasteiger partial charge in [0.05, 0.1) is 11.7 Å². The van der Waals surface area contributed by atoms with Crippen LogP contribution in [-0.2, 0) is 9.59 Å². The first kappa shape index (κ1) is 20.6. The van der Waals surface area contributed by atoms with Crippen LogP contribution < -0.4 is 10.2 Å². The van der Waals surface area contributed by atoms with Crippen LogP contribution in [-0.4, -0.2) is 40.6 Å². The van der Waals surface area contributed by atoms with Crippen molar-refractivity contribution < 1.29 is 18.8 Å². The minimum atomic E-state index is -0.606. The summed E-state index contributed by atoms with van der Waals surface area (Å²) in [5, 5.41) is 3.98. The van der Waals surface area contributed by atoms with E-state index in [0.29, 0.717) is 11.3 Å². The van der Waals surface area contributed by atoms with Gasteiger partial charge in [-0.25, -0.2) is 14.1 Å². The van der Waals surface area contributed by atoms with E-state index < -0.39 is 23.1 Å². The minimum absolute atomic E-state index is 0.217. The first-order chi connectivity index (χ1) is 14.3. The third-order valence-corrected chi connectivity index (χ3v) is 6.53. The molecule has 2 aromatic rings. The number of hydrogen-bond acceptors (Lipinski definition) is 4. The zero-order valence-electron chi connectivity index (χ0n) is 15.8. The van der Waals surface area contributed by atoms with Crippen LogP contribution in [0.3, 0.4) is 0 Å². The number of carbonyl (C=O) groups excluding carboxylic acids is 3. The lowest BCUT2D eigenvalue weighted by molar-refractivity contribution is -0.121. The summed E-state index contributed by atoms with van der Waals surface area (Å²) in [5.74, 6) is -1.17. The van der Waals surface area contributed by atoms with Crippen LogP contribution in [0.4, 0.5) is 20.6 Å². The Hall–Kier alpha value is -2.65. The average molecular weight is 490 g/mol. The summed E-state index contributed by atoms with van der Waals surface area (Å²) in [7, 11) is 0. The molecule has 0 saturated carbocycles. The molecule has 2 unspecified atom stereocenters. The van der Waals surface area contributed by atoms with E-state index in [4.69, 9.17) is 0 Å². The van der Waals surface area contributed by atoms with Gasteiger partial charge in [0.2, 0.25) is 5.91 Å². The maximum atomic E-state index is 13.7. The molecule has 2 heterocycles. The number of urea groups is 1. The molecule has 2 atom stereocenters. The second kappa shape index (κ2) is 8.23. The molecule has 2 aliphatic rings. The fraction of sp³-hybridized carbons (Fsp3) is 0.190. The fourth-order valence-corrected chi connectivity index (χ4v) is 4.71. The first-order valence-corrected chi connectivity index (χ1v) is 10.9. The summed E-state index contributed by atoms with van der Waals surface area (Å²) in [5.41, 5.74) is 1.21. The number of carbonyl (C=O) groups is 3. The molecule has 1 fully saturated rings. The number of thioether (sulfide) groups is 1. The summed E-state index contributed by atoms with van der Waals surface area (Å²) in [6, 6.07) is 10.0. The molecule has 4 amide bonds. The van der Waals surface area contributed by atoms with Gasteiger partial charge in [0.25, 0.3) is 5.91 Å². The van der Waals surface area contributed by atoms with Gasteiger partial charge in [0, 0.05) is 10.2 Å². The maximum absolute atomic E-state index is 13.7. The van der Waals surface area contributed by atoms with Crippen LogP contribution in [0.1, 0.15) is 5.56 Å². The molecule has 0 aromatic heterocycles. The molecule has 4 rings (SSSR count). The summed E-state index contributed by atoms with van der Waals surface area (Å²) in [4.78, 5) is 41.2. The van der Waals surface area contributed by atoms with Crippen molar-refractivity contribution in [3.63, 3.8) is 0 Å². The minimum Gasteiger partial charge on any atom is -0.325 e. The topological polar surface area (TPSA) is 69.7 Å². The number of nitrogens with one attached hydrogen (secondary N) is 1. The molecule has 6 nitrogen and oxygen atoms in total. The molecule has 0 bridgehead atoms. The molecule has 9 heteroatoms. The number of halogens is 2. The lowest BCUT2D eigenvalue weighted by Crippen LogP contribution is -2.63. The zero-order valence-corrected chi connectivity index (χ0v) is 18.2. The van der Waals surface area contributed by atoms with Crippen LogP contribution in [0.25, 0.3) is 0 Å². The second-order valence-electron chi connectivity index (χ2n) is 6.95. The molecule has 154 valence electrons. The van der Waals surface area contributed by atoms with Gasteiger partial charge in [0.15, 0.2) is 0 Å². The molecular formula is C21H17BrFN3O3S. The summed E-state index contributed by atoms with van der Waals surface area (Å²) in [6.07, 6.45) is 1.76. The van der Waals surface area contributed by atoms with Crippen LogP contribution in [0.5, 0.6) is 0 Å². The molecule has 1 N–H and O–H groups in total. The average Bonchev–Trinajstić information content (AvgIpc) is 3.20. The van der Waals surface area contributed by atoms with E-state index >= 15 is 0 Å². The SMILES string of the molecule is Cc1cc(N2C(=O)C3SC=CC3N(CC(=O)Nc3ccc(Br)cc3)C2=O)ccc1F. The van der Waals surface area contributed by atoms with Crippen molar-refractivity contribution in [3.8, 4) is 0 Å². The van der Waals surface area contributed by atoms with Crippen molar-refractivity contribution in [2.24, 2.45) is 0 Å². The van der Waals surface area contributed by atoms with Crippen LogP contribution in [0.2, 0.25) is 0 Å². The zero-order chi connectivity index (χ0) is 21.4. The number of benzene rings is 2. The summed E-state index contributed by atoms with van der Waals surface area (Å²) < 4.78 is 14.6. The Labute approximate surface area is 185 Å². The normalized spacial score (nSPS) is 20.5. The molecule has 2 aromatic carbocycles. The third kappa shape index (κ3) is 3.87. The van der Waals surface area contributed by atoms with E-state index in [2.05, 4.69) is 21.2 Å². The molecule has 2 aliphatic heterocycles. The number of imide groups is 1. The van der Waals surface area contributed by atoms with Gasteiger partial charge < -0.3 is 10.2 Å². The standard InChI is InChI=1S/C21H17BrFN3O3S/c1-12-10-15(6-7-16(12)23)26-20(28)19-17(8-9-30-19)25(21(26)29)11-18(27)24-14-4-2-13(22)3-5-14/h2-10,17,19H,11H2,1H3,(H,24,27). The highest BCUT2D eigenvalue weighted by atomic mass is 79.9. The number of amides is 4. The van der Waals surface area contributed by atoms with Crippen LogP contribution >= 0.6 is 27.7 Å². The van der Waals surface area contributed by atoms with Crippen molar-refractivity contribution >= 4 is 56.9 Å². The number of nitrogens with zero attached hydrogens (tertiary/aromatic N) is 2. The highest BCUT2D eigenvalue weighted by Crippen LogP contribution is 2.36. The Morgan fingerprint density at radius 2 is 1.93 bits per heavy atom. The van der Waals surface area contributed by atoms with Crippen molar-refractivity contribution in [2.75, 3.05) is 16.8 Å². The van der Waals surface area contributed by atoms with E-state index in [1.807, 2.05) is 0 Å². The Morgan fingerprint density at radius 3 is 2.63 bits per heavy atom. The molecular weight excluding hydrogens is 473 g/mol. The third-order valence-electron chi connectivity index (χ3n) is 4.91. The summed E-state index contributed by atoms with van der Waals surface area (Å²) >= 11 is 4.64. The fourth-order valence-electron chi connectivity index (χ4n) is 3.41. The van der Waals surface area contributed by atoms with Crippen LogP contribution in [0, 0.1) is 12.7 Å². The molecule has 1 saturated heterocycles. The Morgan fingerprint density at radius 1 is 1.20 bits per heavy atom. The Balaban J connectivity index is 1.59. The van der Waals surface area contributed by atoms with Gasteiger partial charge in [-0.05, 0) is 60.4 Å². The predicted octanol–water partition coefficient (Wildman–Crippen LogP) is 4.30. The highest BCUT2D eigenvalue weighted by Gasteiger charge is 2.48. The van der Waals surface area contributed by atoms with Crippen molar-refractivity contribution in [2.45, 2.75) is 18.2 Å². The number of rotatable bonds is 4. The van der Waals surface area contributed by atoms with E-state index in [-0.39, 0.29) is 24.0 Å².